The number of nitrogens with one attached hydrogen (secondary N) is 1. The molecule has 0 radical (unpaired) electrons. The number of piperidine rings is 1. The van der Waals surface area contributed by atoms with Gasteiger partial charge in [0.25, 0.3) is 0 Å². The van der Waals surface area contributed by atoms with Gasteiger partial charge in [-0.15, -0.1) is 11.3 Å². The number of aromatic nitrogens is 1. The van der Waals surface area contributed by atoms with E-state index in [-0.39, 0.29) is 5.91 Å². The topological polar surface area (TPSA) is 45.2 Å². The van der Waals surface area contributed by atoms with Gasteiger partial charge in [0, 0.05) is 26.1 Å². The Balaban J connectivity index is 1.28. The van der Waals surface area contributed by atoms with Crippen molar-refractivity contribution in [3.8, 4) is 0 Å². The van der Waals surface area contributed by atoms with Crippen LogP contribution in [-0.2, 0) is 11.2 Å². The molecule has 1 fully saturated rings. The summed E-state index contributed by atoms with van der Waals surface area (Å²) in [5, 5.41) is 4.21. The summed E-state index contributed by atoms with van der Waals surface area (Å²) >= 11 is 1.74. The molecule has 3 rings (SSSR count). The molecule has 2 unspecified atom stereocenters. The molecule has 5 heteroatoms. The van der Waals surface area contributed by atoms with E-state index in [0.717, 1.165) is 54.7 Å². The quantitative estimate of drug-likeness (QED) is 0.709. The van der Waals surface area contributed by atoms with Crippen LogP contribution in [0.4, 0.5) is 0 Å². The molecule has 2 aromatic rings. The van der Waals surface area contributed by atoms with E-state index in [0.29, 0.717) is 6.42 Å². The maximum absolute atomic E-state index is 12.0. The Morgan fingerprint density at radius 1 is 1.23 bits per heavy atom. The fraction of sp³-hybridized carbons (Fsp3) is 0.619. The third kappa shape index (κ3) is 5.78. The van der Waals surface area contributed by atoms with Gasteiger partial charge in [-0.3, -0.25) is 4.79 Å². The van der Waals surface area contributed by atoms with Crippen molar-refractivity contribution < 1.29 is 4.79 Å². The minimum Gasteiger partial charge on any atom is -0.356 e. The van der Waals surface area contributed by atoms with Crippen molar-refractivity contribution in [1.29, 1.82) is 0 Å². The van der Waals surface area contributed by atoms with Crippen LogP contribution < -0.4 is 5.32 Å². The summed E-state index contributed by atoms with van der Waals surface area (Å²) in [6.45, 7) is 8.99. The molecule has 4 nitrogen and oxygen atoms in total. The lowest BCUT2D eigenvalue weighted by Crippen LogP contribution is -2.40. The molecule has 1 amide bonds. The number of carbonyl (C=O) groups excluding carboxylic acids is 1. The van der Waals surface area contributed by atoms with Gasteiger partial charge in [-0.05, 0) is 56.2 Å². The lowest BCUT2D eigenvalue weighted by Gasteiger charge is -2.34. The van der Waals surface area contributed by atoms with Crippen molar-refractivity contribution in [1.82, 2.24) is 15.2 Å². The molecule has 1 aromatic heterocycles. The average Bonchev–Trinajstić information content (AvgIpc) is 3.00. The highest BCUT2D eigenvalue weighted by atomic mass is 32.1. The molecule has 1 N–H and O–H groups in total. The minimum absolute atomic E-state index is 0.173. The molecule has 1 aliphatic heterocycles. The Hall–Kier alpha value is -1.46. The van der Waals surface area contributed by atoms with Gasteiger partial charge in [-0.2, -0.15) is 0 Å². The number of carbonyl (C=O) groups is 1. The first-order valence-corrected chi connectivity index (χ1v) is 10.8. The van der Waals surface area contributed by atoms with Crippen LogP contribution in [-0.4, -0.2) is 42.0 Å². The number of benzene rings is 1. The van der Waals surface area contributed by atoms with Gasteiger partial charge in [0.1, 0.15) is 0 Å². The zero-order valence-corrected chi connectivity index (χ0v) is 16.9. The van der Waals surface area contributed by atoms with Gasteiger partial charge in [0.15, 0.2) is 0 Å². The molecule has 1 saturated heterocycles. The van der Waals surface area contributed by atoms with Crippen LogP contribution in [0.5, 0.6) is 0 Å². The number of fused-ring (bicyclic) bond motifs is 1. The first-order chi connectivity index (χ1) is 12.6. The Kier molecular flexibility index (Phi) is 7.03. The van der Waals surface area contributed by atoms with Crippen molar-refractivity contribution in [3.05, 3.63) is 29.3 Å². The van der Waals surface area contributed by atoms with Crippen LogP contribution in [0.2, 0.25) is 0 Å². The third-order valence-corrected chi connectivity index (χ3v) is 6.15. The molecule has 1 aliphatic rings. The van der Waals surface area contributed by atoms with Gasteiger partial charge >= 0.3 is 0 Å². The van der Waals surface area contributed by atoms with E-state index in [9.17, 15) is 4.79 Å². The van der Waals surface area contributed by atoms with E-state index in [1.807, 2.05) is 18.2 Å². The highest BCUT2D eigenvalue weighted by Crippen LogP contribution is 2.23. The molecule has 1 aromatic carbocycles. The number of rotatable bonds is 8. The monoisotopic (exact) mass is 373 g/mol. The second-order valence-electron chi connectivity index (χ2n) is 7.84. The number of para-hydroxylation sites is 1. The first-order valence-electron chi connectivity index (χ1n) is 9.93. The molecule has 26 heavy (non-hydrogen) atoms. The van der Waals surface area contributed by atoms with Gasteiger partial charge in [0.05, 0.1) is 15.2 Å². The molecule has 0 aliphatic carbocycles. The van der Waals surface area contributed by atoms with E-state index >= 15 is 0 Å². The van der Waals surface area contributed by atoms with Crippen LogP contribution in [0.15, 0.2) is 24.3 Å². The third-order valence-electron chi connectivity index (χ3n) is 5.05. The van der Waals surface area contributed by atoms with Crippen molar-refractivity contribution in [2.24, 2.45) is 11.8 Å². The Morgan fingerprint density at radius 2 is 2.00 bits per heavy atom. The smallest absolute Gasteiger partial charge is 0.220 e. The number of nitrogens with zero attached hydrogens (tertiary/aromatic N) is 2. The van der Waals surface area contributed by atoms with E-state index in [2.05, 4.69) is 35.1 Å². The van der Waals surface area contributed by atoms with Crippen molar-refractivity contribution in [3.63, 3.8) is 0 Å². The standard InChI is InChI=1S/C21H31N3OS/c1-16-13-17(2)15-24(14-16)12-6-11-22-20(25)9-5-10-21-23-18-7-3-4-8-19(18)26-21/h3-4,7-8,16-17H,5-6,9-15H2,1-2H3,(H,22,25). The zero-order chi connectivity index (χ0) is 18.4. The number of aryl methyl sites for hydroxylation is 1. The number of likely N-dealkylation sites (tertiary alicyclic amines) is 1. The summed E-state index contributed by atoms with van der Waals surface area (Å²) in [5.74, 6) is 1.78. The molecule has 142 valence electrons. The molecule has 2 heterocycles. The first kappa shape index (κ1) is 19.3. The molecule has 2 atom stereocenters. The molecular formula is C21H31N3OS. The second kappa shape index (κ2) is 9.47. The lowest BCUT2D eigenvalue weighted by atomic mass is 9.92. The number of hydrogen-bond donors (Lipinski definition) is 1. The zero-order valence-electron chi connectivity index (χ0n) is 16.0. The number of amides is 1. The van der Waals surface area contributed by atoms with E-state index < -0.39 is 0 Å². The summed E-state index contributed by atoms with van der Waals surface area (Å²) < 4.78 is 1.23. The molecule has 0 bridgehead atoms. The van der Waals surface area contributed by atoms with Gasteiger partial charge < -0.3 is 10.2 Å². The predicted octanol–water partition coefficient (Wildman–Crippen LogP) is 4.10. The highest BCUT2D eigenvalue weighted by Gasteiger charge is 2.21. The summed E-state index contributed by atoms with van der Waals surface area (Å²) in [7, 11) is 0. The summed E-state index contributed by atoms with van der Waals surface area (Å²) in [6.07, 6.45) is 4.74. The minimum atomic E-state index is 0.173. The Bertz CT molecular complexity index is 671. The molecular weight excluding hydrogens is 342 g/mol. The summed E-state index contributed by atoms with van der Waals surface area (Å²) in [4.78, 5) is 19.2. The maximum atomic E-state index is 12.0. The largest absolute Gasteiger partial charge is 0.356 e. The van der Waals surface area contributed by atoms with Crippen LogP contribution in [0.1, 0.15) is 44.5 Å². The number of thiazole rings is 1. The van der Waals surface area contributed by atoms with Crippen molar-refractivity contribution in [2.75, 3.05) is 26.2 Å². The van der Waals surface area contributed by atoms with Crippen LogP contribution >= 0.6 is 11.3 Å². The van der Waals surface area contributed by atoms with Gasteiger partial charge in [-0.25, -0.2) is 4.98 Å². The van der Waals surface area contributed by atoms with Crippen LogP contribution in [0, 0.1) is 11.8 Å². The van der Waals surface area contributed by atoms with Crippen LogP contribution in [0.3, 0.4) is 0 Å². The molecule has 0 spiro atoms. The van der Waals surface area contributed by atoms with E-state index in [1.54, 1.807) is 11.3 Å². The SMILES string of the molecule is CC1CC(C)CN(CCCNC(=O)CCCc2nc3ccccc3s2)C1. The van der Waals surface area contributed by atoms with E-state index in [4.69, 9.17) is 0 Å². The molecule has 0 saturated carbocycles. The number of hydrogen-bond acceptors (Lipinski definition) is 4. The van der Waals surface area contributed by atoms with E-state index in [1.165, 1.54) is 24.2 Å². The normalized spacial score (nSPS) is 21.2. The Morgan fingerprint density at radius 3 is 2.77 bits per heavy atom. The highest BCUT2D eigenvalue weighted by molar-refractivity contribution is 7.18. The van der Waals surface area contributed by atoms with Crippen molar-refractivity contribution in [2.45, 2.75) is 46.0 Å². The maximum Gasteiger partial charge on any atom is 0.220 e. The van der Waals surface area contributed by atoms with Gasteiger partial charge in [0.2, 0.25) is 5.91 Å². The fourth-order valence-corrected chi connectivity index (χ4v) is 5.03. The lowest BCUT2D eigenvalue weighted by molar-refractivity contribution is -0.121. The van der Waals surface area contributed by atoms with Crippen molar-refractivity contribution >= 4 is 27.5 Å². The predicted molar refractivity (Wildman–Crippen MR) is 110 cm³/mol. The van der Waals surface area contributed by atoms with Crippen LogP contribution in [0.25, 0.3) is 10.2 Å². The summed E-state index contributed by atoms with van der Waals surface area (Å²) in [6, 6.07) is 8.21. The second-order valence-corrected chi connectivity index (χ2v) is 8.95. The fourth-order valence-electron chi connectivity index (χ4n) is 4.02. The average molecular weight is 374 g/mol. The summed E-state index contributed by atoms with van der Waals surface area (Å²) in [5.41, 5.74) is 1.07. The Labute approximate surface area is 161 Å². The van der Waals surface area contributed by atoms with Gasteiger partial charge in [-0.1, -0.05) is 26.0 Å².